The van der Waals surface area contributed by atoms with Gasteiger partial charge >= 0.3 is 5.95 Å². The fourth-order valence-corrected chi connectivity index (χ4v) is 2.24. The molecule has 0 saturated heterocycles. The molecule has 4 nitrogen and oxygen atoms in total. The summed E-state index contributed by atoms with van der Waals surface area (Å²) >= 11 is 0. The third kappa shape index (κ3) is 3.18. The first-order valence-corrected chi connectivity index (χ1v) is 7.17. The van der Waals surface area contributed by atoms with Gasteiger partial charge in [0.05, 0.1) is 6.61 Å². The Bertz CT molecular complexity index is 451. The number of likely N-dealkylation sites (N-methyl/N-ethyl adjacent to an activating group) is 1. The lowest BCUT2D eigenvalue weighted by Gasteiger charge is -2.20. The fraction of sp³-hybridized carbons (Fsp3) is 0.667. The van der Waals surface area contributed by atoms with E-state index in [2.05, 4.69) is 36.9 Å². The van der Waals surface area contributed by atoms with Gasteiger partial charge < -0.3 is 14.1 Å². The molecule has 2 rings (SSSR count). The molecule has 1 atom stereocenters. The van der Waals surface area contributed by atoms with Gasteiger partial charge in [-0.05, 0) is 26.8 Å². The smallest absolute Gasteiger partial charge is 0.309 e. The zero-order chi connectivity index (χ0) is 13.8. The molecule has 4 heteroatoms. The summed E-state index contributed by atoms with van der Waals surface area (Å²) in [5.41, 5.74) is 2.12. The second-order valence-electron chi connectivity index (χ2n) is 5.19. The number of hydrogen-bond acceptors (Lipinski definition) is 4. The minimum Gasteiger partial charge on any atom is -0.464 e. The zero-order valence-corrected chi connectivity index (χ0v) is 12.4. The molecular formula is C15H24N2O2. The van der Waals surface area contributed by atoms with Crippen molar-refractivity contribution in [1.29, 1.82) is 0 Å². The van der Waals surface area contributed by atoms with Crippen molar-refractivity contribution in [2.75, 3.05) is 26.7 Å². The topological polar surface area (TPSA) is 38.5 Å². The Morgan fingerprint density at radius 3 is 2.89 bits per heavy atom. The van der Waals surface area contributed by atoms with Crippen LogP contribution >= 0.6 is 0 Å². The Morgan fingerprint density at radius 1 is 1.47 bits per heavy atom. The second-order valence-corrected chi connectivity index (χ2v) is 5.19. The van der Waals surface area contributed by atoms with Crippen molar-refractivity contribution < 1.29 is 9.15 Å². The molecule has 1 aromatic heterocycles. The molecule has 106 valence electrons. The van der Waals surface area contributed by atoms with E-state index in [-0.39, 0.29) is 0 Å². The van der Waals surface area contributed by atoms with Crippen molar-refractivity contribution in [3.63, 3.8) is 0 Å². The Hall–Kier alpha value is -1.29. The van der Waals surface area contributed by atoms with E-state index in [1.54, 1.807) is 0 Å². The molecule has 1 aromatic rings. The van der Waals surface area contributed by atoms with Crippen LogP contribution in [-0.2, 0) is 0 Å². The quantitative estimate of drug-likeness (QED) is 0.818. The molecule has 0 spiro atoms. The van der Waals surface area contributed by atoms with Gasteiger partial charge in [-0.3, -0.25) is 0 Å². The SMILES string of the molecule is CCOc1oc(C2=CCCN(C)C2)nc1[C@H](C)CC. The van der Waals surface area contributed by atoms with Crippen LogP contribution in [0.5, 0.6) is 5.95 Å². The maximum Gasteiger partial charge on any atom is 0.309 e. The lowest BCUT2D eigenvalue weighted by molar-refractivity contribution is 0.249. The molecule has 0 saturated carbocycles. The zero-order valence-electron chi connectivity index (χ0n) is 12.4. The molecule has 0 bridgehead atoms. The third-order valence-corrected chi connectivity index (χ3v) is 3.59. The minimum absolute atomic E-state index is 0.362. The highest BCUT2D eigenvalue weighted by molar-refractivity contribution is 5.61. The monoisotopic (exact) mass is 264 g/mol. The van der Waals surface area contributed by atoms with Crippen LogP contribution in [0.15, 0.2) is 10.5 Å². The van der Waals surface area contributed by atoms with Crippen LogP contribution in [0.2, 0.25) is 0 Å². The highest BCUT2D eigenvalue weighted by Gasteiger charge is 2.22. The highest BCUT2D eigenvalue weighted by Crippen LogP contribution is 2.32. The van der Waals surface area contributed by atoms with Gasteiger partial charge in [0.1, 0.15) is 5.69 Å². The van der Waals surface area contributed by atoms with Crippen LogP contribution < -0.4 is 4.74 Å². The van der Waals surface area contributed by atoms with Crippen LogP contribution in [0, 0.1) is 0 Å². The average molecular weight is 264 g/mol. The Morgan fingerprint density at radius 2 is 2.26 bits per heavy atom. The largest absolute Gasteiger partial charge is 0.464 e. The predicted octanol–water partition coefficient (Wildman–Crippen LogP) is 3.31. The minimum atomic E-state index is 0.362. The van der Waals surface area contributed by atoms with E-state index in [1.165, 1.54) is 5.57 Å². The molecule has 0 radical (unpaired) electrons. The standard InChI is InChI=1S/C15H24N2O2/c1-5-11(3)13-15(18-6-2)19-14(16-13)12-8-7-9-17(4)10-12/h8,11H,5-7,9-10H2,1-4H3/t11-/m1/s1. The molecular weight excluding hydrogens is 240 g/mol. The van der Waals surface area contributed by atoms with E-state index in [0.29, 0.717) is 18.5 Å². The predicted molar refractivity (Wildman–Crippen MR) is 76.5 cm³/mol. The summed E-state index contributed by atoms with van der Waals surface area (Å²) in [4.78, 5) is 6.95. The van der Waals surface area contributed by atoms with E-state index in [0.717, 1.165) is 37.5 Å². The van der Waals surface area contributed by atoms with E-state index in [1.807, 2.05) is 6.92 Å². The Balaban J connectivity index is 2.29. The van der Waals surface area contributed by atoms with Crippen molar-refractivity contribution in [3.05, 3.63) is 17.7 Å². The molecule has 2 heterocycles. The molecule has 0 unspecified atom stereocenters. The van der Waals surface area contributed by atoms with Crippen molar-refractivity contribution in [2.45, 2.75) is 39.5 Å². The highest BCUT2D eigenvalue weighted by atomic mass is 16.6. The second kappa shape index (κ2) is 6.24. The van der Waals surface area contributed by atoms with Crippen molar-refractivity contribution in [3.8, 4) is 5.95 Å². The normalized spacial score (nSPS) is 18.2. The first-order chi connectivity index (χ1) is 9.15. The maximum absolute atomic E-state index is 5.84. The molecule has 0 aromatic carbocycles. The first kappa shape index (κ1) is 14.1. The molecule has 0 N–H and O–H groups in total. The summed E-state index contributed by atoms with van der Waals surface area (Å²) in [6, 6.07) is 0. The summed E-state index contributed by atoms with van der Waals surface area (Å²) < 4.78 is 11.4. The van der Waals surface area contributed by atoms with Crippen molar-refractivity contribution in [1.82, 2.24) is 9.88 Å². The summed E-state index contributed by atoms with van der Waals surface area (Å²) in [7, 11) is 2.12. The van der Waals surface area contributed by atoms with Gasteiger partial charge in [0, 0.05) is 24.6 Å². The van der Waals surface area contributed by atoms with Gasteiger partial charge in [0.15, 0.2) is 0 Å². The maximum atomic E-state index is 5.84. The van der Waals surface area contributed by atoms with E-state index >= 15 is 0 Å². The molecule has 0 aliphatic carbocycles. The summed E-state index contributed by atoms with van der Waals surface area (Å²) in [6.07, 6.45) is 4.31. The van der Waals surface area contributed by atoms with E-state index < -0.39 is 0 Å². The molecule has 0 amide bonds. The van der Waals surface area contributed by atoms with E-state index in [9.17, 15) is 0 Å². The van der Waals surface area contributed by atoms with Gasteiger partial charge in [0.25, 0.3) is 0 Å². The summed E-state index contributed by atoms with van der Waals surface area (Å²) in [5, 5.41) is 0. The summed E-state index contributed by atoms with van der Waals surface area (Å²) in [6.45, 7) is 8.88. The van der Waals surface area contributed by atoms with Gasteiger partial charge in [-0.15, -0.1) is 0 Å². The number of aromatic nitrogens is 1. The number of rotatable bonds is 5. The number of ether oxygens (including phenoxy) is 1. The summed E-state index contributed by atoms with van der Waals surface area (Å²) in [5.74, 6) is 1.69. The van der Waals surface area contributed by atoms with Crippen LogP contribution in [0.3, 0.4) is 0 Å². The average Bonchev–Trinajstić information content (AvgIpc) is 2.82. The third-order valence-electron chi connectivity index (χ3n) is 3.59. The Kier molecular flexibility index (Phi) is 4.64. The fourth-order valence-electron chi connectivity index (χ4n) is 2.24. The van der Waals surface area contributed by atoms with Gasteiger partial charge in [-0.2, -0.15) is 0 Å². The lowest BCUT2D eigenvalue weighted by Crippen LogP contribution is -2.25. The van der Waals surface area contributed by atoms with Crippen molar-refractivity contribution >= 4 is 5.57 Å². The number of hydrogen-bond donors (Lipinski definition) is 0. The van der Waals surface area contributed by atoms with Crippen LogP contribution in [0.25, 0.3) is 5.57 Å². The first-order valence-electron chi connectivity index (χ1n) is 7.17. The van der Waals surface area contributed by atoms with Crippen LogP contribution in [0.1, 0.15) is 51.1 Å². The molecule has 1 aliphatic heterocycles. The Labute approximate surface area is 115 Å². The van der Waals surface area contributed by atoms with Gasteiger partial charge in [-0.1, -0.05) is 19.9 Å². The number of oxazole rings is 1. The lowest BCUT2D eigenvalue weighted by atomic mass is 10.1. The van der Waals surface area contributed by atoms with E-state index in [4.69, 9.17) is 9.15 Å². The van der Waals surface area contributed by atoms with Crippen molar-refractivity contribution in [2.24, 2.45) is 0 Å². The van der Waals surface area contributed by atoms with Crippen LogP contribution in [-0.4, -0.2) is 36.6 Å². The van der Waals surface area contributed by atoms with Gasteiger partial charge in [0.2, 0.25) is 5.89 Å². The molecule has 0 fully saturated rings. The van der Waals surface area contributed by atoms with Crippen LogP contribution in [0.4, 0.5) is 0 Å². The molecule has 19 heavy (non-hydrogen) atoms. The molecule has 1 aliphatic rings. The van der Waals surface area contributed by atoms with Gasteiger partial charge in [-0.25, -0.2) is 4.98 Å². The number of nitrogens with zero attached hydrogens (tertiary/aromatic N) is 2.